The highest BCUT2D eigenvalue weighted by Gasteiger charge is 2.01. The molecule has 0 aliphatic carbocycles. The third kappa shape index (κ3) is 3.34. The normalized spacial score (nSPS) is 10.3. The van der Waals surface area contributed by atoms with Gasteiger partial charge in [-0.2, -0.15) is 0 Å². The molecule has 18 heavy (non-hydrogen) atoms. The molecule has 0 unspecified atom stereocenters. The van der Waals surface area contributed by atoms with Crippen molar-refractivity contribution in [2.24, 2.45) is 0 Å². The van der Waals surface area contributed by atoms with Crippen LogP contribution in [0.25, 0.3) is 0 Å². The zero-order valence-corrected chi connectivity index (χ0v) is 10.9. The molecule has 2 nitrogen and oxygen atoms in total. The second-order valence-electron chi connectivity index (χ2n) is 4.42. The van der Waals surface area contributed by atoms with Crippen LogP contribution in [0.15, 0.2) is 48.5 Å². The Morgan fingerprint density at radius 1 is 1.00 bits per heavy atom. The topological polar surface area (TPSA) is 21.3 Å². The third-order valence-electron chi connectivity index (χ3n) is 2.92. The van der Waals surface area contributed by atoms with E-state index in [1.807, 2.05) is 6.07 Å². The summed E-state index contributed by atoms with van der Waals surface area (Å²) in [6.07, 6.45) is 0. The first kappa shape index (κ1) is 12.7. The zero-order valence-electron chi connectivity index (χ0n) is 10.9. The Balaban J connectivity index is 2.06. The summed E-state index contributed by atoms with van der Waals surface area (Å²) >= 11 is 0. The van der Waals surface area contributed by atoms with Crippen molar-refractivity contribution >= 4 is 5.69 Å². The minimum Gasteiger partial charge on any atom is -0.381 e. The van der Waals surface area contributed by atoms with Gasteiger partial charge >= 0.3 is 0 Å². The molecule has 0 heterocycles. The molecule has 0 aliphatic heterocycles. The average molecular weight is 241 g/mol. The average Bonchev–Trinajstić information content (AvgIpc) is 2.38. The van der Waals surface area contributed by atoms with Crippen molar-refractivity contribution in [1.82, 2.24) is 0 Å². The van der Waals surface area contributed by atoms with Gasteiger partial charge in [0.25, 0.3) is 0 Å². The van der Waals surface area contributed by atoms with Crippen LogP contribution in [0.4, 0.5) is 5.69 Å². The summed E-state index contributed by atoms with van der Waals surface area (Å²) in [5.41, 5.74) is 4.94. The summed E-state index contributed by atoms with van der Waals surface area (Å²) in [7, 11) is 1.73. The largest absolute Gasteiger partial charge is 0.381 e. The maximum atomic E-state index is 5.21. The molecule has 0 fully saturated rings. The van der Waals surface area contributed by atoms with Gasteiger partial charge in [-0.1, -0.05) is 36.4 Å². The maximum absolute atomic E-state index is 5.21. The number of aryl methyl sites for hydroxylation is 1. The van der Waals surface area contributed by atoms with Gasteiger partial charge in [0.1, 0.15) is 0 Å². The molecule has 0 saturated heterocycles. The van der Waals surface area contributed by atoms with Crippen LogP contribution < -0.4 is 5.32 Å². The highest BCUT2D eigenvalue weighted by atomic mass is 16.5. The Morgan fingerprint density at radius 2 is 1.78 bits per heavy atom. The number of hydrogen-bond donors (Lipinski definition) is 1. The summed E-state index contributed by atoms with van der Waals surface area (Å²) in [5, 5.41) is 3.45. The monoisotopic (exact) mass is 241 g/mol. The predicted octanol–water partition coefficient (Wildman–Crippen LogP) is 3.75. The van der Waals surface area contributed by atoms with Crippen LogP contribution in [-0.4, -0.2) is 7.11 Å². The molecule has 0 radical (unpaired) electrons. The minimum atomic E-state index is 0.658. The quantitative estimate of drug-likeness (QED) is 0.860. The highest BCUT2D eigenvalue weighted by Crippen LogP contribution is 2.14. The van der Waals surface area contributed by atoms with E-state index in [2.05, 4.69) is 54.7 Å². The molecular weight excluding hydrogens is 222 g/mol. The third-order valence-corrected chi connectivity index (χ3v) is 2.92. The fourth-order valence-electron chi connectivity index (χ4n) is 1.98. The van der Waals surface area contributed by atoms with Gasteiger partial charge in [-0.25, -0.2) is 0 Å². The van der Waals surface area contributed by atoms with Gasteiger partial charge in [0.15, 0.2) is 0 Å². The summed E-state index contributed by atoms with van der Waals surface area (Å²) < 4.78 is 5.21. The Kier molecular flexibility index (Phi) is 4.37. The van der Waals surface area contributed by atoms with E-state index in [-0.39, 0.29) is 0 Å². The lowest BCUT2D eigenvalue weighted by Crippen LogP contribution is -2.03. The predicted molar refractivity (Wildman–Crippen MR) is 75.7 cm³/mol. The van der Waals surface area contributed by atoms with E-state index in [0.717, 1.165) is 12.2 Å². The summed E-state index contributed by atoms with van der Waals surface area (Å²) in [6.45, 7) is 3.58. The van der Waals surface area contributed by atoms with Gasteiger partial charge in [-0.3, -0.25) is 0 Å². The molecule has 0 amide bonds. The fraction of sp³-hybridized carbons (Fsp3) is 0.250. The molecular formula is C16H19NO. The van der Waals surface area contributed by atoms with Gasteiger partial charge in [0, 0.05) is 19.3 Å². The Labute approximate surface area is 109 Å². The van der Waals surface area contributed by atoms with Crippen LogP contribution in [0.2, 0.25) is 0 Å². The number of methoxy groups -OCH3 is 1. The second kappa shape index (κ2) is 6.22. The van der Waals surface area contributed by atoms with Crippen molar-refractivity contribution in [3.63, 3.8) is 0 Å². The van der Waals surface area contributed by atoms with Crippen LogP contribution in [0.3, 0.4) is 0 Å². The van der Waals surface area contributed by atoms with E-state index < -0.39 is 0 Å². The first-order chi connectivity index (χ1) is 8.79. The van der Waals surface area contributed by atoms with Crippen molar-refractivity contribution in [2.75, 3.05) is 12.4 Å². The molecule has 94 valence electrons. The van der Waals surface area contributed by atoms with Crippen molar-refractivity contribution < 1.29 is 4.74 Å². The number of nitrogens with one attached hydrogen (secondary N) is 1. The zero-order chi connectivity index (χ0) is 12.8. The van der Waals surface area contributed by atoms with Gasteiger partial charge in [-0.05, 0) is 35.7 Å². The number of hydrogen-bond acceptors (Lipinski definition) is 2. The maximum Gasteiger partial charge on any atom is 0.0716 e. The van der Waals surface area contributed by atoms with Gasteiger partial charge < -0.3 is 10.1 Å². The van der Waals surface area contributed by atoms with Gasteiger partial charge in [-0.15, -0.1) is 0 Å². The Morgan fingerprint density at radius 3 is 2.50 bits per heavy atom. The molecule has 0 bridgehead atoms. The molecule has 0 aromatic heterocycles. The SMILES string of the molecule is COCc1ccccc1CNc1cccc(C)c1. The van der Waals surface area contributed by atoms with E-state index in [9.17, 15) is 0 Å². The lowest BCUT2D eigenvalue weighted by atomic mass is 10.1. The molecule has 0 atom stereocenters. The molecule has 1 N–H and O–H groups in total. The summed E-state index contributed by atoms with van der Waals surface area (Å²) in [6, 6.07) is 16.8. The number of benzene rings is 2. The van der Waals surface area contributed by atoms with Crippen LogP contribution in [0.5, 0.6) is 0 Å². The second-order valence-corrected chi connectivity index (χ2v) is 4.42. The van der Waals surface area contributed by atoms with Crippen LogP contribution in [0.1, 0.15) is 16.7 Å². The summed E-state index contributed by atoms with van der Waals surface area (Å²) in [4.78, 5) is 0. The van der Waals surface area contributed by atoms with E-state index in [0.29, 0.717) is 6.61 Å². The number of rotatable bonds is 5. The van der Waals surface area contributed by atoms with E-state index >= 15 is 0 Å². The smallest absolute Gasteiger partial charge is 0.0716 e. The minimum absolute atomic E-state index is 0.658. The first-order valence-corrected chi connectivity index (χ1v) is 6.16. The molecule has 2 aromatic rings. The van der Waals surface area contributed by atoms with Gasteiger partial charge in [0.2, 0.25) is 0 Å². The van der Waals surface area contributed by atoms with Crippen LogP contribution in [0, 0.1) is 6.92 Å². The van der Waals surface area contributed by atoms with E-state index in [1.165, 1.54) is 16.7 Å². The van der Waals surface area contributed by atoms with Crippen molar-refractivity contribution in [3.05, 3.63) is 65.2 Å². The van der Waals surface area contributed by atoms with Crippen molar-refractivity contribution in [1.29, 1.82) is 0 Å². The summed E-state index contributed by atoms with van der Waals surface area (Å²) in [5.74, 6) is 0. The number of ether oxygens (including phenoxy) is 1. The molecule has 2 rings (SSSR count). The molecule has 2 heteroatoms. The number of anilines is 1. The van der Waals surface area contributed by atoms with Crippen molar-refractivity contribution in [2.45, 2.75) is 20.1 Å². The van der Waals surface area contributed by atoms with Crippen LogP contribution in [-0.2, 0) is 17.9 Å². The van der Waals surface area contributed by atoms with Crippen LogP contribution >= 0.6 is 0 Å². The molecule has 0 saturated carbocycles. The first-order valence-electron chi connectivity index (χ1n) is 6.16. The lowest BCUT2D eigenvalue weighted by Gasteiger charge is -2.11. The molecule has 0 spiro atoms. The fourth-order valence-corrected chi connectivity index (χ4v) is 1.98. The molecule has 2 aromatic carbocycles. The van der Waals surface area contributed by atoms with E-state index in [4.69, 9.17) is 4.74 Å². The van der Waals surface area contributed by atoms with Crippen molar-refractivity contribution in [3.8, 4) is 0 Å². The standard InChI is InChI=1S/C16H19NO/c1-13-6-5-9-16(10-13)17-11-14-7-3-4-8-15(14)12-18-2/h3-10,17H,11-12H2,1-2H3. The highest BCUT2D eigenvalue weighted by molar-refractivity contribution is 5.46. The lowest BCUT2D eigenvalue weighted by molar-refractivity contribution is 0.184. The van der Waals surface area contributed by atoms with E-state index in [1.54, 1.807) is 7.11 Å². The Hall–Kier alpha value is -1.80. The van der Waals surface area contributed by atoms with Gasteiger partial charge in [0.05, 0.1) is 6.61 Å². The Bertz CT molecular complexity index is 508. The molecule has 0 aliphatic rings.